The van der Waals surface area contributed by atoms with E-state index in [9.17, 15) is 0 Å². The van der Waals surface area contributed by atoms with E-state index in [4.69, 9.17) is 4.74 Å². The Bertz CT molecular complexity index is 500. The first-order valence-electron chi connectivity index (χ1n) is 6.08. The number of benzene rings is 1. The van der Waals surface area contributed by atoms with E-state index in [0.717, 1.165) is 35.2 Å². The number of H-pyrrole nitrogens is 1. The van der Waals surface area contributed by atoms with Gasteiger partial charge >= 0.3 is 0 Å². The van der Waals surface area contributed by atoms with E-state index in [1.807, 2.05) is 12.3 Å². The molecule has 0 saturated carbocycles. The van der Waals surface area contributed by atoms with Gasteiger partial charge in [-0.1, -0.05) is 0 Å². The Morgan fingerprint density at radius 3 is 2.84 bits per heavy atom. The van der Waals surface area contributed by atoms with Gasteiger partial charge in [-0.05, 0) is 36.3 Å². The third kappa shape index (κ3) is 3.94. The molecule has 19 heavy (non-hydrogen) atoms. The molecule has 0 saturated heterocycles. The molecule has 1 aromatic heterocycles. The van der Waals surface area contributed by atoms with Gasteiger partial charge in [-0.3, -0.25) is 0 Å². The summed E-state index contributed by atoms with van der Waals surface area (Å²) in [5, 5.41) is 0. The number of aromatic nitrogens is 2. The van der Waals surface area contributed by atoms with Crippen molar-refractivity contribution in [3.05, 3.63) is 36.2 Å². The highest BCUT2D eigenvalue weighted by atomic mass is 32.2. The molecule has 0 fully saturated rings. The number of thioether (sulfide) groups is 2. The summed E-state index contributed by atoms with van der Waals surface area (Å²) in [5.74, 6) is 3.82. The largest absolute Gasteiger partial charge is 0.493 e. The second-order valence-corrected chi connectivity index (χ2v) is 5.88. The van der Waals surface area contributed by atoms with Gasteiger partial charge in [0, 0.05) is 29.5 Å². The molecule has 0 spiro atoms. The summed E-state index contributed by atoms with van der Waals surface area (Å²) in [4.78, 5) is 7.49. The van der Waals surface area contributed by atoms with Crippen molar-refractivity contribution in [3.8, 4) is 17.1 Å². The third-order valence-corrected chi connectivity index (χ3v) is 3.86. The standard InChI is InChI=1S/C14H18N2OS2/c1-18-8-7-17-12-3-4-13(11(9-12)10-19-2)14-15-5-6-16-14/h3-6,9H,7-8,10H2,1-2H3,(H,15,16). The van der Waals surface area contributed by atoms with E-state index in [0.29, 0.717) is 0 Å². The lowest BCUT2D eigenvalue weighted by Crippen LogP contribution is -2.00. The van der Waals surface area contributed by atoms with Crippen molar-refractivity contribution in [1.29, 1.82) is 0 Å². The molecule has 1 aromatic carbocycles. The molecular formula is C14H18N2OS2. The van der Waals surface area contributed by atoms with Gasteiger partial charge < -0.3 is 9.72 Å². The minimum Gasteiger partial charge on any atom is -0.493 e. The highest BCUT2D eigenvalue weighted by molar-refractivity contribution is 7.98. The Hall–Kier alpha value is -1.07. The molecule has 0 unspecified atom stereocenters. The number of aromatic amines is 1. The van der Waals surface area contributed by atoms with Crippen LogP contribution in [-0.4, -0.2) is 34.8 Å². The molecular weight excluding hydrogens is 276 g/mol. The van der Waals surface area contributed by atoms with Crippen LogP contribution in [0.5, 0.6) is 5.75 Å². The average Bonchev–Trinajstić information content (AvgIpc) is 2.94. The van der Waals surface area contributed by atoms with Crippen LogP contribution in [0.15, 0.2) is 30.6 Å². The third-order valence-electron chi connectivity index (χ3n) is 2.69. The van der Waals surface area contributed by atoms with E-state index in [1.54, 1.807) is 29.7 Å². The topological polar surface area (TPSA) is 37.9 Å². The van der Waals surface area contributed by atoms with E-state index < -0.39 is 0 Å². The number of imidazole rings is 1. The lowest BCUT2D eigenvalue weighted by Gasteiger charge is -2.10. The maximum Gasteiger partial charge on any atom is 0.137 e. The Kier molecular flexibility index (Phi) is 5.66. The Morgan fingerprint density at radius 1 is 1.26 bits per heavy atom. The monoisotopic (exact) mass is 294 g/mol. The second-order valence-electron chi connectivity index (χ2n) is 4.03. The van der Waals surface area contributed by atoms with Crippen molar-refractivity contribution in [2.75, 3.05) is 24.9 Å². The van der Waals surface area contributed by atoms with Gasteiger partial charge in [0.1, 0.15) is 11.6 Å². The number of ether oxygens (including phenoxy) is 1. The number of nitrogens with zero attached hydrogens (tertiary/aromatic N) is 1. The molecule has 0 atom stereocenters. The van der Waals surface area contributed by atoms with Crippen LogP contribution >= 0.6 is 23.5 Å². The van der Waals surface area contributed by atoms with E-state index in [-0.39, 0.29) is 0 Å². The maximum atomic E-state index is 5.75. The van der Waals surface area contributed by atoms with Crippen LogP contribution in [0.1, 0.15) is 5.56 Å². The number of rotatable bonds is 7. The summed E-state index contributed by atoms with van der Waals surface area (Å²) in [6.07, 6.45) is 7.82. The molecule has 3 nitrogen and oxygen atoms in total. The first-order valence-corrected chi connectivity index (χ1v) is 8.87. The van der Waals surface area contributed by atoms with Crippen molar-refractivity contribution in [2.45, 2.75) is 5.75 Å². The molecule has 0 radical (unpaired) electrons. The van der Waals surface area contributed by atoms with Gasteiger partial charge in [-0.2, -0.15) is 23.5 Å². The van der Waals surface area contributed by atoms with Crippen molar-refractivity contribution in [3.63, 3.8) is 0 Å². The van der Waals surface area contributed by atoms with Crippen LogP contribution in [-0.2, 0) is 5.75 Å². The average molecular weight is 294 g/mol. The van der Waals surface area contributed by atoms with Crippen molar-refractivity contribution in [1.82, 2.24) is 9.97 Å². The molecule has 102 valence electrons. The zero-order valence-electron chi connectivity index (χ0n) is 11.2. The molecule has 1 heterocycles. The van der Waals surface area contributed by atoms with E-state index in [1.165, 1.54) is 5.56 Å². The van der Waals surface area contributed by atoms with Gasteiger partial charge in [0.05, 0.1) is 6.61 Å². The smallest absolute Gasteiger partial charge is 0.137 e. The SMILES string of the molecule is CSCCOc1ccc(-c2ncc[nH]2)c(CSC)c1. The summed E-state index contributed by atoms with van der Waals surface area (Å²) in [7, 11) is 0. The minimum atomic E-state index is 0.750. The highest BCUT2D eigenvalue weighted by Gasteiger charge is 2.08. The first kappa shape index (κ1) is 14.3. The van der Waals surface area contributed by atoms with Crippen LogP contribution in [0.25, 0.3) is 11.4 Å². The van der Waals surface area contributed by atoms with Gasteiger partial charge in [0.15, 0.2) is 0 Å². The molecule has 0 aliphatic carbocycles. The molecule has 1 N–H and O–H groups in total. The molecule has 2 aromatic rings. The predicted molar refractivity (Wildman–Crippen MR) is 85.1 cm³/mol. The zero-order valence-corrected chi connectivity index (χ0v) is 12.8. The van der Waals surface area contributed by atoms with Gasteiger partial charge in [0.25, 0.3) is 0 Å². The lowest BCUT2D eigenvalue weighted by atomic mass is 10.1. The lowest BCUT2D eigenvalue weighted by molar-refractivity contribution is 0.344. The number of hydrogen-bond donors (Lipinski definition) is 1. The highest BCUT2D eigenvalue weighted by Crippen LogP contribution is 2.27. The number of nitrogens with one attached hydrogen (secondary N) is 1. The first-order chi connectivity index (χ1) is 9.35. The van der Waals surface area contributed by atoms with Crippen molar-refractivity contribution >= 4 is 23.5 Å². The molecule has 0 aliphatic rings. The Labute approximate surface area is 122 Å². The molecule has 0 bridgehead atoms. The normalized spacial score (nSPS) is 10.6. The molecule has 2 rings (SSSR count). The Morgan fingerprint density at radius 2 is 2.16 bits per heavy atom. The summed E-state index contributed by atoms with van der Waals surface area (Å²) in [6.45, 7) is 0.750. The fraction of sp³-hybridized carbons (Fsp3) is 0.357. The fourth-order valence-corrected chi connectivity index (χ4v) is 2.62. The zero-order chi connectivity index (χ0) is 13.5. The van der Waals surface area contributed by atoms with Gasteiger partial charge in [-0.15, -0.1) is 0 Å². The number of hydrogen-bond acceptors (Lipinski definition) is 4. The summed E-state index contributed by atoms with van der Waals surface area (Å²) < 4.78 is 5.75. The summed E-state index contributed by atoms with van der Waals surface area (Å²) in [6, 6.07) is 6.22. The minimum absolute atomic E-state index is 0.750. The van der Waals surface area contributed by atoms with Crippen LogP contribution in [0.2, 0.25) is 0 Å². The second kappa shape index (κ2) is 7.50. The van der Waals surface area contributed by atoms with Crippen molar-refractivity contribution in [2.24, 2.45) is 0 Å². The van der Waals surface area contributed by atoms with Crippen molar-refractivity contribution < 1.29 is 4.74 Å². The van der Waals surface area contributed by atoms with Crippen LogP contribution in [0.3, 0.4) is 0 Å². The summed E-state index contributed by atoms with van der Waals surface area (Å²) >= 11 is 3.59. The predicted octanol–water partition coefficient (Wildman–Crippen LogP) is 3.68. The molecule has 0 aliphatic heterocycles. The van der Waals surface area contributed by atoms with Gasteiger partial charge in [-0.25, -0.2) is 4.98 Å². The van der Waals surface area contributed by atoms with Crippen LogP contribution in [0, 0.1) is 0 Å². The fourth-order valence-electron chi connectivity index (χ4n) is 1.82. The molecule has 5 heteroatoms. The maximum absolute atomic E-state index is 5.75. The molecule has 0 amide bonds. The van der Waals surface area contributed by atoms with E-state index in [2.05, 4.69) is 34.6 Å². The van der Waals surface area contributed by atoms with Gasteiger partial charge in [0.2, 0.25) is 0 Å². The quantitative estimate of drug-likeness (QED) is 0.791. The van der Waals surface area contributed by atoms with Crippen LogP contribution < -0.4 is 4.74 Å². The van der Waals surface area contributed by atoms with Crippen LogP contribution in [0.4, 0.5) is 0 Å². The summed E-state index contributed by atoms with van der Waals surface area (Å²) in [5.41, 5.74) is 2.40. The Balaban J connectivity index is 2.20. The van der Waals surface area contributed by atoms with E-state index >= 15 is 0 Å².